The van der Waals surface area contributed by atoms with Gasteiger partial charge in [0, 0.05) is 35.1 Å². The quantitative estimate of drug-likeness (QED) is 0.819. The van der Waals surface area contributed by atoms with Gasteiger partial charge < -0.3 is 20.6 Å². The van der Waals surface area contributed by atoms with Gasteiger partial charge in [-0.05, 0) is 56.1 Å². The van der Waals surface area contributed by atoms with Gasteiger partial charge in [0.05, 0.1) is 17.5 Å². The molecular weight excluding hydrogens is 330 g/mol. The van der Waals surface area contributed by atoms with Crippen molar-refractivity contribution in [3.63, 3.8) is 0 Å². The van der Waals surface area contributed by atoms with Crippen LogP contribution in [0.5, 0.6) is 0 Å². The molecule has 1 fully saturated rings. The molecule has 1 saturated heterocycles. The Labute approximate surface area is 153 Å². The van der Waals surface area contributed by atoms with Crippen LogP contribution < -0.4 is 10.6 Å². The number of nitrogen functional groups attached to an aromatic ring is 1. The van der Waals surface area contributed by atoms with Crippen molar-refractivity contribution in [2.75, 3.05) is 36.8 Å². The molecule has 0 spiro atoms. The Hall–Kier alpha value is -1.69. The van der Waals surface area contributed by atoms with Gasteiger partial charge in [-0.15, -0.1) is 0 Å². The fourth-order valence-electron chi connectivity index (χ4n) is 3.68. The SMILES string of the molecule is Nc1ccc2c(c1)N(CCCN1CCC(O)CC1)c1ccccc1S2. The fraction of sp³-hybridized carbons (Fsp3) is 0.400. The molecule has 132 valence electrons. The topological polar surface area (TPSA) is 52.7 Å². The molecule has 4 nitrogen and oxygen atoms in total. The first kappa shape index (κ1) is 16.8. The average molecular weight is 356 g/mol. The van der Waals surface area contributed by atoms with Crippen molar-refractivity contribution in [1.82, 2.24) is 4.90 Å². The van der Waals surface area contributed by atoms with E-state index in [9.17, 15) is 5.11 Å². The smallest absolute Gasteiger partial charge is 0.0573 e. The van der Waals surface area contributed by atoms with E-state index < -0.39 is 0 Å². The van der Waals surface area contributed by atoms with Gasteiger partial charge in [-0.3, -0.25) is 0 Å². The molecule has 2 heterocycles. The molecule has 0 aliphatic carbocycles. The highest BCUT2D eigenvalue weighted by Crippen LogP contribution is 2.48. The van der Waals surface area contributed by atoms with E-state index >= 15 is 0 Å². The number of aliphatic hydroxyl groups excluding tert-OH is 1. The summed E-state index contributed by atoms with van der Waals surface area (Å²) in [5.74, 6) is 0. The Bertz CT molecular complexity index is 743. The third-order valence-corrected chi connectivity index (χ3v) is 6.19. The summed E-state index contributed by atoms with van der Waals surface area (Å²) < 4.78 is 0. The minimum atomic E-state index is -0.0999. The molecule has 0 radical (unpaired) electrons. The van der Waals surface area contributed by atoms with E-state index in [0.717, 1.165) is 51.1 Å². The van der Waals surface area contributed by atoms with Crippen LogP contribution in [-0.2, 0) is 0 Å². The van der Waals surface area contributed by atoms with Crippen molar-refractivity contribution in [2.45, 2.75) is 35.2 Å². The number of piperidine rings is 1. The molecule has 2 aromatic carbocycles. The summed E-state index contributed by atoms with van der Waals surface area (Å²) in [5, 5.41) is 9.65. The molecular formula is C20H25N3OS. The second-order valence-electron chi connectivity index (χ2n) is 6.87. The molecule has 3 N–H and O–H groups in total. The van der Waals surface area contributed by atoms with E-state index in [-0.39, 0.29) is 6.10 Å². The number of aliphatic hydroxyl groups is 1. The number of likely N-dealkylation sites (tertiary alicyclic amines) is 1. The zero-order valence-electron chi connectivity index (χ0n) is 14.4. The van der Waals surface area contributed by atoms with Gasteiger partial charge in [0.25, 0.3) is 0 Å². The Balaban J connectivity index is 1.49. The van der Waals surface area contributed by atoms with Gasteiger partial charge in [0.15, 0.2) is 0 Å². The van der Waals surface area contributed by atoms with Crippen LogP contribution in [0.2, 0.25) is 0 Å². The molecule has 2 aliphatic rings. The van der Waals surface area contributed by atoms with Crippen molar-refractivity contribution in [3.8, 4) is 0 Å². The standard InChI is InChI=1S/C20H25N3OS/c21-15-6-7-20-18(14-15)23(17-4-1-2-5-19(17)25-20)11-3-10-22-12-8-16(24)9-13-22/h1-2,4-7,14,16,24H,3,8-13,21H2. The van der Waals surface area contributed by atoms with Crippen molar-refractivity contribution in [2.24, 2.45) is 0 Å². The van der Waals surface area contributed by atoms with Gasteiger partial charge in [0.1, 0.15) is 0 Å². The van der Waals surface area contributed by atoms with Crippen LogP contribution >= 0.6 is 11.8 Å². The number of nitrogens with two attached hydrogens (primary N) is 1. The van der Waals surface area contributed by atoms with E-state index in [1.54, 1.807) is 0 Å². The summed E-state index contributed by atoms with van der Waals surface area (Å²) in [5.41, 5.74) is 9.37. The Morgan fingerprint density at radius 1 is 1.00 bits per heavy atom. The zero-order chi connectivity index (χ0) is 17.2. The van der Waals surface area contributed by atoms with Gasteiger partial charge in [0.2, 0.25) is 0 Å². The van der Waals surface area contributed by atoms with Gasteiger partial charge in [-0.1, -0.05) is 23.9 Å². The summed E-state index contributed by atoms with van der Waals surface area (Å²) in [6.45, 7) is 4.08. The second-order valence-corrected chi connectivity index (χ2v) is 7.96. The second kappa shape index (κ2) is 7.28. The molecule has 4 rings (SSSR count). The highest BCUT2D eigenvalue weighted by molar-refractivity contribution is 7.99. The summed E-state index contributed by atoms with van der Waals surface area (Å²) in [4.78, 5) is 7.46. The summed E-state index contributed by atoms with van der Waals surface area (Å²) in [7, 11) is 0. The first-order valence-corrected chi connectivity index (χ1v) is 9.87. The van der Waals surface area contributed by atoms with Crippen LogP contribution in [0, 0.1) is 0 Å². The van der Waals surface area contributed by atoms with Gasteiger partial charge in [-0.25, -0.2) is 0 Å². The van der Waals surface area contributed by atoms with Crippen LogP contribution in [0.25, 0.3) is 0 Å². The van der Waals surface area contributed by atoms with E-state index in [2.05, 4.69) is 46.2 Å². The summed E-state index contributed by atoms with van der Waals surface area (Å²) in [6.07, 6.45) is 2.81. The zero-order valence-corrected chi connectivity index (χ0v) is 15.2. The van der Waals surface area contributed by atoms with Crippen LogP contribution in [0.1, 0.15) is 19.3 Å². The van der Waals surface area contributed by atoms with Crippen molar-refractivity contribution in [3.05, 3.63) is 42.5 Å². The fourth-order valence-corrected chi connectivity index (χ4v) is 4.76. The Morgan fingerprint density at radius 2 is 1.76 bits per heavy atom. The maximum atomic E-state index is 9.65. The monoisotopic (exact) mass is 355 g/mol. The maximum absolute atomic E-state index is 9.65. The number of rotatable bonds is 4. The summed E-state index contributed by atoms with van der Waals surface area (Å²) >= 11 is 1.82. The minimum Gasteiger partial charge on any atom is -0.399 e. The van der Waals surface area contributed by atoms with Crippen molar-refractivity contribution < 1.29 is 5.11 Å². The van der Waals surface area contributed by atoms with E-state index in [0.29, 0.717) is 0 Å². The highest BCUT2D eigenvalue weighted by Gasteiger charge is 2.23. The van der Waals surface area contributed by atoms with Crippen LogP contribution in [-0.4, -0.2) is 42.3 Å². The highest BCUT2D eigenvalue weighted by atomic mass is 32.2. The van der Waals surface area contributed by atoms with Crippen molar-refractivity contribution >= 4 is 28.8 Å². The molecule has 0 unspecified atom stereocenters. The molecule has 2 aliphatic heterocycles. The number of hydrogen-bond donors (Lipinski definition) is 2. The number of anilines is 3. The molecule has 0 aromatic heterocycles. The van der Waals surface area contributed by atoms with E-state index in [4.69, 9.17) is 5.73 Å². The third kappa shape index (κ3) is 3.64. The largest absolute Gasteiger partial charge is 0.399 e. The normalized spacial score (nSPS) is 18.0. The van der Waals surface area contributed by atoms with Crippen LogP contribution in [0.3, 0.4) is 0 Å². The molecule has 0 saturated carbocycles. The predicted molar refractivity (Wildman–Crippen MR) is 105 cm³/mol. The molecule has 25 heavy (non-hydrogen) atoms. The molecule has 2 aromatic rings. The van der Waals surface area contributed by atoms with E-state index in [1.165, 1.54) is 21.2 Å². The summed E-state index contributed by atoms with van der Waals surface area (Å²) in [6, 6.07) is 14.8. The minimum absolute atomic E-state index is 0.0999. The first-order chi connectivity index (χ1) is 12.2. The van der Waals surface area contributed by atoms with Gasteiger partial charge in [-0.2, -0.15) is 0 Å². The number of para-hydroxylation sites is 1. The lowest BCUT2D eigenvalue weighted by Gasteiger charge is -2.34. The number of hydrogen-bond acceptors (Lipinski definition) is 5. The number of fused-ring (bicyclic) bond motifs is 2. The average Bonchev–Trinajstić information content (AvgIpc) is 2.63. The molecule has 0 atom stereocenters. The lowest BCUT2D eigenvalue weighted by Crippen LogP contribution is -2.37. The molecule has 0 amide bonds. The third-order valence-electron chi connectivity index (χ3n) is 5.06. The lowest BCUT2D eigenvalue weighted by molar-refractivity contribution is 0.0824. The maximum Gasteiger partial charge on any atom is 0.0573 e. The Kier molecular flexibility index (Phi) is 4.88. The number of benzene rings is 2. The van der Waals surface area contributed by atoms with Crippen LogP contribution in [0.15, 0.2) is 52.3 Å². The molecule has 0 bridgehead atoms. The van der Waals surface area contributed by atoms with Crippen molar-refractivity contribution in [1.29, 1.82) is 0 Å². The predicted octanol–water partition coefficient (Wildman–Crippen LogP) is 3.72. The van der Waals surface area contributed by atoms with E-state index in [1.807, 2.05) is 17.8 Å². The van der Waals surface area contributed by atoms with Gasteiger partial charge >= 0.3 is 0 Å². The number of nitrogens with zero attached hydrogens (tertiary/aromatic N) is 2. The first-order valence-electron chi connectivity index (χ1n) is 9.05. The molecule has 5 heteroatoms. The Morgan fingerprint density at radius 3 is 2.60 bits per heavy atom. The van der Waals surface area contributed by atoms with Crippen LogP contribution in [0.4, 0.5) is 17.1 Å². The lowest BCUT2D eigenvalue weighted by atomic mass is 10.1.